The minimum absolute atomic E-state index is 0.191. The second kappa shape index (κ2) is 3.71. The number of hydrogen-bond donors (Lipinski definition) is 2. The van der Waals surface area contributed by atoms with Gasteiger partial charge in [-0.2, -0.15) is 0 Å². The van der Waals surface area contributed by atoms with Crippen LogP contribution < -0.4 is 5.73 Å². The second-order valence-electron chi connectivity index (χ2n) is 2.48. The molecule has 0 fully saturated rings. The summed E-state index contributed by atoms with van der Waals surface area (Å²) in [4.78, 5) is 10.3. The molecule has 0 saturated heterocycles. The Kier molecular flexibility index (Phi) is 2.64. The smallest absolute Gasteiger partial charge is 0.241 e. The van der Waals surface area contributed by atoms with Crippen molar-refractivity contribution >= 4 is 12.0 Å². The maximum absolute atomic E-state index is 12.6. The van der Waals surface area contributed by atoms with E-state index in [1.165, 1.54) is 18.2 Å². The lowest BCUT2D eigenvalue weighted by molar-refractivity contribution is -0.113. The van der Waals surface area contributed by atoms with Crippen LogP contribution in [0.4, 0.5) is 4.39 Å². The summed E-state index contributed by atoms with van der Waals surface area (Å²) in [7, 11) is 0. The van der Waals surface area contributed by atoms with E-state index in [9.17, 15) is 9.18 Å². The van der Waals surface area contributed by atoms with Crippen molar-refractivity contribution in [1.29, 1.82) is 0 Å². The first-order chi connectivity index (χ1) is 6.08. The molecule has 3 N–H and O–H groups in total. The molecule has 1 aromatic rings. The number of primary amides is 1. The lowest BCUT2D eigenvalue weighted by Crippen LogP contribution is -2.05. The normalized spacial score (nSPS) is 10.5. The number of carbonyl (C=O) groups excluding carboxylic acids is 1. The van der Waals surface area contributed by atoms with Crippen molar-refractivity contribution in [2.75, 3.05) is 0 Å². The summed E-state index contributed by atoms with van der Waals surface area (Å²) in [5.74, 6) is -1.38. The fourth-order valence-corrected chi connectivity index (χ4v) is 0.871. The lowest BCUT2D eigenvalue weighted by atomic mass is 10.2. The SMILES string of the molecule is NC(=O)C=Cc1cc(O)cc(F)c1. The first-order valence-corrected chi connectivity index (χ1v) is 3.55. The molecular weight excluding hydrogens is 173 g/mol. The van der Waals surface area contributed by atoms with Gasteiger partial charge >= 0.3 is 0 Å². The predicted octanol–water partition coefficient (Wildman–Crippen LogP) is 1.03. The van der Waals surface area contributed by atoms with Gasteiger partial charge in [0.15, 0.2) is 0 Å². The number of phenolic OH excluding ortho intramolecular Hbond substituents is 1. The molecule has 0 spiro atoms. The number of hydrogen-bond acceptors (Lipinski definition) is 2. The number of carbonyl (C=O) groups is 1. The average molecular weight is 181 g/mol. The molecule has 3 nitrogen and oxygen atoms in total. The number of nitrogens with two attached hydrogens (primary N) is 1. The highest BCUT2D eigenvalue weighted by molar-refractivity contribution is 5.90. The van der Waals surface area contributed by atoms with Crippen LogP contribution in [0.25, 0.3) is 6.08 Å². The molecule has 13 heavy (non-hydrogen) atoms. The van der Waals surface area contributed by atoms with Crippen LogP contribution in [0.5, 0.6) is 5.75 Å². The van der Waals surface area contributed by atoms with Crippen molar-refractivity contribution < 1.29 is 14.3 Å². The van der Waals surface area contributed by atoms with Gasteiger partial charge in [0.05, 0.1) is 0 Å². The number of phenols is 1. The number of aromatic hydroxyl groups is 1. The highest BCUT2D eigenvalue weighted by atomic mass is 19.1. The summed E-state index contributed by atoms with van der Waals surface area (Å²) in [6.07, 6.45) is 2.42. The summed E-state index contributed by atoms with van der Waals surface area (Å²) in [6.45, 7) is 0. The molecule has 1 aromatic carbocycles. The van der Waals surface area contributed by atoms with E-state index in [0.717, 1.165) is 12.1 Å². The van der Waals surface area contributed by atoms with E-state index >= 15 is 0 Å². The van der Waals surface area contributed by atoms with E-state index < -0.39 is 11.7 Å². The molecular formula is C9H8FNO2. The largest absolute Gasteiger partial charge is 0.508 e. The van der Waals surface area contributed by atoms with Gasteiger partial charge in [0.1, 0.15) is 11.6 Å². The van der Waals surface area contributed by atoms with E-state index in [2.05, 4.69) is 0 Å². The summed E-state index contributed by atoms with van der Waals surface area (Å²) in [5, 5.41) is 8.97. The zero-order chi connectivity index (χ0) is 9.84. The van der Waals surface area contributed by atoms with Crippen LogP contribution in [-0.2, 0) is 4.79 Å². The topological polar surface area (TPSA) is 63.3 Å². The zero-order valence-electron chi connectivity index (χ0n) is 6.70. The Balaban J connectivity index is 2.95. The van der Waals surface area contributed by atoms with Crippen LogP contribution in [0, 0.1) is 5.82 Å². The number of amides is 1. The van der Waals surface area contributed by atoms with Crippen LogP contribution in [0.2, 0.25) is 0 Å². The Hall–Kier alpha value is -1.84. The fraction of sp³-hybridized carbons (Fsp3) is 0. The van der Waals surface area contributed by atoms with E-state index in [-0.39, 0.29) is 5.75 Å². The van der Waals surface area contributed by atoms with Gasteiger partial charge in [-0.05, 0) is 23.8 Å². The molecule has 0 aliphatic rings. The quantitative estimate of drug-likeness (QED) is 0.669. The summed E-state index contributed by atoms with van der Waals surface area (Å²) in [5.41, 5.74) is 5.22. The Labute approximate surface area is 74.3 Å². The van der Waals surface area contributed by atoms with Crippen molar-refractivity contribution in [3.63, 3.8) is 0 Å². The van der Waals surface area contributed by atoms with Crippen LogP contribution in [0.1, 0.15) is 5.56 Å². The molecule has 0 saturated carbocycles. The third-order valence-corrected chi connectivity index (χ3v) is 1.34. The Morgan fingerprint density at radius 1 is 1.46 bits per heavy atom. The first-order valence-electron chi connectivity index (χ1n) is 3.55. The van der Waals surface area contributed by atoms with Crippen molar-refractivity contribution in [2.45, 2.75) is 0 Å². The third-order valence-electron chi connectivity index (χ3n) is 1.34. The molecule has 0 aliphatic heterocycles. The number of benzene rings is 1. The van der Waals surface area contributed by atoms with Crippen molar-refractivity contribution in [2.24, 2.45) is 5.73 Å². The van der Waals surface area contributed by atoms with Crippen LogP contribution in [0.3, 0.4) is 0 Å². The molecule has 0 radical (unpaired) electrons. The van der Waals surface area contributed by atoms with Gasteiger partial charge in [-0.15, -0.1) is 0 Å². The molecule has 0 atom stereocenters. The zero-order valence-corrected chi connectivity index (χ0v) is 6.70. The first kappa shape index (κ1) is 9.25. The summed E-state index contributed by atoms with van der Waals surface area (Å²) < 4.78 is 12.6. The van der Waals surface area contributed by atoms with Crippen LogP contribution in [-0.4, -0.2) is 11.0 Å². The average Bonchev–Trinajstić information content (AvgIpc) is 1.99. The highest BCUT2D eigenvalue weighted by Crippen LogP contribution is 2.15. The predicted molar refractivity (Wildman–Crippen MR) is 46.3 cm³/mol. The van der Waals surface area contributed by atoms with Crippen molar-refractivity contribution in [3.8, 4) is 5.75 Å². The standard InChI is InChI=1S/C9H8FNO2/c10-7-3-6(1-2-9(11)13)4-8(12)5-7/h1-5,12H,(H2,11,13). The van der Waals surface area contributed by atoms with Gasteiger partial charge in [0.25, 0.3) is 0 Å². The van der Waals surface area contributed by atoms with Gasteiger partial charge in [-0.25, -0.2) is 4.39 Å². The summed E-state index contributed by atoms with van der Waals surface area (Å²) >= 11 is 0. The van der Waals surface area contributed by atoms with Gasteiger partial charge < -0.3 is 10.8 Å². The molecule has 0 heterocycles. The minimum Gasteiger partial charge on any atom is -0.508 e. The van der Waals surface area contributed by atoms with Gasteiger partial charge in [-0.1, -0.05) is 0 Å². The third kappa shape index (κ3) is 2.94. The van der Waals surface area contributed by atoms with E-state index in [4.69, 9.17) is 10.8 Å². The maximum atomic E-state index is 12.6. The monoisotopic (exact) mass is 181 g/mol. The van der Waals surface area contributed by atoms with Crippen LogP contribution in [0.15, 0.2) is 24.3 Å². The molecule has 68 valence electrons. The van der Waals surface area contributed by atoms with E-state index in [1.807, 2.05) is 0 Å². The molecule has 0 aliphatic carbocycles. The molecule has 4 heteroatoms. The molecule has 0 aromatic heterocycles. The lowest BCUT2D eigenvalue weighted by Gasteiger charge is -1.95. The van der Waals surface area contributed by atoms with Crippen LogP contribution >= 0.6 is 0 Å². The maximum Gasteiger partial charge on any atom is 0.241 e. The minimum atomic E-state index is -0.622. The molecule has 0 unspecified atom stereocenters. The van der Waals surface area contributed by atoms with E-state index in [1.54, 1.807) is 0 Å². The molecule has 1 amide bonds. The van der Waals surface area contributed by atoms with Crippen molar-refractivity contribution in [3.05, 3.63) is 35.7 Å². The number of halogens is 1. The second-order valence-corrected chi connectivity index (χ2v) is 2.48. The van der Waals surface area contributed by atoms with Gasteiger partial charge in [0.2, 0.25) is 5.91 Å². The molecule has 0 bridgehead atoms. The van der Waals surface area contributed by atoms with Crippen molar-refractivity contribution in [1.82, 2.24) is 0 Å². The summed E-state index contributed by atoms with van der Waals surface area (Å²) in [6, 6.07) is 3.48. The number of rotatable bonds is 2. The highest BCUT2D eigenvalue weighted by Gasteiger charge is 1.96. The van der Waals surface area contributed by atoms with Gasteiger partial charge in [0, 0.05) is 12.1 Å². The van der Waals surface area contributed by atoms with Gasteiger partial charge in [-0.3, -0.25) is 4.79 Å². The Morgan fingerprint density at radius 2 is 2.15 bits per heavy atom. The Bertz CT molecular complexity index is 340. The fourth-order valence-electron chi connectivity index (χ4n) is 0.871. The molecule has 1 rings (SSSR count). The van der Waals surface area contributed by atoms with E-state index in [0.29, 0.717) is 5.56 Å². The Morgan fingerprint density at radius 3 is 2.69 bits per heavy atom.